The first-order valence-electron chi connectivity index (χ1n) is 7.97. The Morgan fingerprint density at radius 2 is 1.87 bits per heavy atom. The molecule has 1 saturated carbocycles. The van der Waals surface area contributed by atoms with E-state index in [1.807, 2.05) is 48.5 Å². The van der Waals surface area contributed by atoms with Gasteiger partial charge in [0, 0.05) is 0 Å². The molecular formula is C19H23NO3. The van der Waals surface area contributed by atoms with Crippen LogP contribution in [0.25, 0.3) is 0 Å². The third-order valence-electron chi connectivity index (χ3n) is 4.28. The lowest BCUT2D eigenvalue weighted by atomic mass is 9.99. The summed E-state index contributed by atoms with van der Waals surface area (Å²) in [7, 11) is 1.61. The third-order valence-corrected chi connectivity index (χ3v) is 4.28. The molecule has 1 aliphatic carbocycles. The molecule has 0 unspecified atom stereocenters. The highest BCUT2D eigenvalue weighted by molar-refractivity contribution is 5.44. The van der Waals surface area contributed by atoms with Crippen LogP contribution in [0.2, 0.25) is 0 Å². The van der Waals surface area contributed by atoms with Gasteiger partial charge in [0.25, 0.3) is 0 Å². The quantitative estimate of drug-likeness (QED) is 0.824. The first kappa shape index (κ1) is 15.8. The van der Waals surface area contributed by atoms with Crippen LogP contribution in [-0.2, 0) is 6.61 Å². The molecule has 0 aliphatic heterocycles. The van der Waals surface area contributed by atoms with Crippen LogP contribution in [0.5, 0.6) is 11.5 Å². The van der Waals surface area contributed by atoms with Crippen molar-refractivity contribution in [2.24, 2.45) is 11.7 Å². The number of aliphatic hydroxyl groups excluding tert-OH is 1. The Bertz CT molecular complexity index is 640. The van der Waals surface area contributed by atoms with Gasteiger partial charge >= 0.3 is 0 Å². The van der Waals surface area contributed by atoms with Crippen LogP contribution in [0, 0.1) is 5.92 Å². The van der Waals surface area contributed by atoms with E-state index in [1.54, 1.807) is 7.11 Å². The molecule has 23 heavy (non-hydrogen) atoms. The van der Waals surface area contributed by atoms with Gasteiger partial charge in [-0.15, -0.1) is 0 Å². The third kappa shape index (κ3) is 3.84. The first-order valence-corrected chi connectivity index (χ1v) is 7.97. The molecule has 4 nitrogen and oxygen atoms in total. The number of rotatable bonds is 7. The summed E-state index contributed by atoms with van der Waals surface area (Å²) in [4.78, 5) is 0. The van der Waals surface area contributed by atoms with E-state index in [2.05, 4.69) is 0 Å². The van der Waals surface area contributed by atoms with E-state index in [0.717, 1.165) is 24.0 Å². The SMILES string of the molecule is COc1ccc([C@@H](N)[C@@H](O)C2CC2)cc1OCc1ccccc1. The first-order chi connectivity index (χ1) is 11.2. The van der Waals surface area contributed by atoms with Crippen molar-refractivity contribution in [3.05, 3.63) is 59.7 Å². The molecule has 2 atom stereocenters. The molecule has 122 valence electrons. The van der Waals surface area contributed by atoms with Gasteiger partial charge in [0.1, 0.15) is 6.61 Å². The van der Waals surface area contributed by atoms with E-state index < -0.39 is 12.1 Å². The summed E-state index contributed by atoms with van der Waals surface area (Å²) in [6, 6.07) is 15.2. The van der Waals surface area contributed by atoms with Gasteiger partial charge in [0.2, 0.25) is 0 Å². The molecule has 2 aromatic rings. The summed E-state index contributed by atoms with van der Waals surface area (Å²) in [6.45, 7) is 0.459. The number of aliphatic hydroxyl groups is 1. The Balaban J connectivity index is 1.75. The highest BCUT2D eigenvalue weighted by Gasteiger charge is 2.34. The maximum Gasteiger partial charge on any atom is 0.161 e. The lowest BCUT2D eigenvalue weighted by Gasteiger charge is -2.20. The summed E-state index contributed by atoms with van der Waals surface area (Å²) in [5, 5.41) is 10.2. The molecule has 1 fully saturated rings. The van der Waals surface area contributed by atoms with Crippen molar-refractivity contribution in [3.8, 4) is 11.5 Å². The van der Waals surface area contributed by atoms with E-state index in [4.69, 9.17) is 15.2 Å². The van der Waals surface area contributed by atoms with Crippen LogP contribution in [0.3, 0.4) is 0 Å². The summed E-state index contributed by atoms with van der Waals surface area (Å²) in [5.74, 6) is 1.64. The highest BCUT2D eigenvalue weighted by atomic mass is 16.5. The maximum atomic E-state index is 10.2. The second-order valence-electron chi connectivity index (χ2n) is 6.04. The van der Waals surface area contributed by atoms with Crippen molar-refractivity contribution in [3.63, 3.8) is 0 Å². The molecule has 1 aliphatic rings. The molecular weight excluding hydrogens is 290 g/mol. The van der Waals surface area contributed by atoms with Gasteiger partial charge in [0.05, 0.1) is 19.3 Å². The van der Waals surface area contributed by atoms with E-state index in [-0.39, 0.29) is 0 Å². The van der Waals surface area contributed by atoms with Crippen molar-refractivity contribution in [2.45, 2.75) is 31.6 Å². The van der Waals surface area contributed by atoms with Crippen LogP contribution in [-0.4, -0.2) is 18.3 Å². The van der Waals surface area contributed by atoms with Crippen LogP contribution in [0.1, 0.15) is 30.0 Å². The standard InChI is InChI=1S/C19H23NO3/c1-22-16-10-9-15(18(20)19(21)14-7-8-14)11-17(16)23-12-13-5-3-2-4-6-13/h2-6,9-11,14,18-19,21H,7-8,12,20H2,1H3/t18-,19+/m1/s1. The van der Waals surface area contributed by atoms with Gasteiger partial charge in [-0.05, 0) is 42.0 Å². The summed E-state index contributed by atoms with van der Waals surface area (Å²) < 4.78 is 11.3. The van der Waals surface area contributed by atoms with E-state index in [1.165, 1.54) is 0 Å². The predicted octanol–water partition coefficient (Wildman–Crippen LogP) is 3.04. The van der Waals surface area contributed by atoms with Crippen molar-refractivity contribution < 1.29 is 14.6 Å². The minimum Gasteiger partial charge on any atom is -0.493 e. The fourth-order valence-electron chi connectivity index (χ4n) is 2.68. The average molecular weight is 313 g/mol. The number of hydrogen-bond acceptors (Lipinski definition) is 4. The second kappa shape index (κ2) is 7.02. The van der Waals surface area contributed by atoms with Gasteiger partial charge in [-0.3, -0.25) is 0 Å². The Kier molecular flexibility index (Phi) is 4.84. The monoisotopic (exact) mass is 313 g/mol. The topological polar surface area (TPSA) is 64.7 Å². The van der Waals surface area contributed by atoms with Gasteiger partial charge in [-0.2, -0.15) is 0 Å². The minimum atomic E-state index is -0.495. The Hall–Kier alpha value is -2.04. The number of methoxy groups -OCH3 is 1. The zero-order valence-corrected chi connectivity index (χ0v) is 13.3. The van der Waals surface area contributed by atoms with Crippen molar-refractivity contribution in [1.82, 2.24) is 0 Å². The van der Waals surface area contributed by atoms with E-state index >= 15 is 0 Å². The Morgan fingerprint density at radius 1 is 1.13 bits per heavy atom. The molecule has 0 spiro atoms. The van der Waals surface area contributed by atoms with Crippen LogP contribution >= 0.6 is 0 Å². The molecule has 0 heterocycles. The number of nitrogens with two attached hydrogens (primary N) is 1. The smallest absolute Gasteiger partial charge is 0.161 e. The van der Waals surface area contributed by atoms with Gasteiger partial charge in [-0.25, -0.2) is 0 Å². The van der Waals surface area contributed by atoms with Crippen molar-refractivity contribution in [2.75, 3.05) is 7.11 Å². The fourth-order valence-corrected chi connectivity index (χ4v) is 2.68. The highest BCUT2D eigenvalue weighted by Crippen LogP contribution is 2.39. The van der Waals surface area contributed by atoms with Crippen LogP contribution < -0.4 is 15.2 Å². The van der Waals surface area contributed by atoms with Gasteiger partial charge < -0.3 is 20.3 Å². The number of ether oxygens (including phenoxy) is 2. The lowest BCUT2D eigenvalue weighted by molar-refractivity contribution is 0.122. The Morgan fingerprint density at radius 3 is 2.52 bits per heavy atom. The molecule has 4 heteroatoms. The second-order valence-corrected chi connectivity index (χ2v) is 6.04. The summed E-state index contributed by atoms with van der Waals surface area (Å²) >= 11 is 0. The fraction of sp³-hybridized carbons (Fsp3) is 0.368. The molecule has 0 amide bonds. The minimum absolute atomic E-state index is 0.334. The summed E-state index contributed by atoms with van der Waals surface area (Å²) in [5.41, 5.74) is 8.15. The van der Waals surface area contributed by atoms with Crippen molar-refractivity contribution >= 4 is 0 Å². The molecule has 2 aromatic carbocycles. The van der Waals surface area contributed by atoms with E-state index in [0.29, 0.717) is 24.0 Å². The van der Waals surface area contributed by atoms with Gasteiger partial charge in [-0.1, -0.05) is 36.4 Å². The largest absolute Gasteiger partial charge is 0.493 e. The average Bonchev–Trinajstić information content (AvgIpc) is 3.44. The predicted molar refractivity (Wildman–Crippen MR) is 89.4 cm³/mol. The van der Waals surface area contributed by atoms with E-state index in [9.17, 15) is 5.11 Å². The normalized spacial score (nSPS) is 16.7. The zero-order valence-electron chi connectivity index (χ0n) is 13.3. The number of hydrogen-bond donors (Lipinski definition) is 2. The number of benzene rings is 2. The van der Waals surface area contributed by atoms with Crippen molar-refractivity contribution in [1.29, 1.82) is 0 Å². The maximum absolute atomic E-state index is 10.2. The Labute approximate surface area is 136 Å². The summed E-state index contributed by atoms with van der Waals surface area (Å²) in [6.07, 6.45) is 1.62. The van der Waals surface area contributed by atoms with Crippen LogP contribution in [0.4, 0.5) is 0 Å². The molecule has 3 rings (SSSR count). The molecule has 0 radical (unpaired) electrons. The lowest BCUT2D eigenvalue weighted by Crippen LogP contribution is -2.27. The van der Waals surface area contributed by atoms with Crippen LogP contribution in [0.15, 0.2) is 48.5 Å². The molecule has 0 bridgehead atoms. The molecule has 0 aromatic heterocycles. The molecule has 3 N–H and O–H groups in total. The van der Waals surface area contributed by atoms with Gasteiger partial charge in [0.15, 0.2) is 11.5 Å². The molecule has 0 saturated heterocycles. The zero-order chi connectivity index (χ0) is 16.2.